The van der Waals surface area contributed by atoms with Crippen LogP contribution in [0.2, 0.25) is 0 Å². The molecule has 1 fully saturated rings. The van der Waals surface area contributed by atoms with Crippen LogP contribution in [0.4, 0.5) is 23.1 Å². The van der Waals surface area contributed by atoms with E-state index in [0.717, 1.165) is 19.5 Å². The summed E-state index contributed by atoms with van der Waals surface area (Å²) in [5.41, 5.74) is 0.911. The summed E-state index contributed by atoms with van der Waals surface area (Å²) in [4.78, 5) is 22.1. The molecule has 1 aliphatic heterocycles. The number of piperidine rings is 1. The topological polar surface area (TPSA) is 93.4 Å². The van der Waals surface area contributed by atoms with Gasteiger partial charge in [-0.2, -0.15) is 4.98 Å². The molecule has 8 nitrogen and oxygen atoms in total. The van der Waals surface area contributed by atoms with Gasteiger partial charge in [-0.25, -0.2) is 4.98 Å². The van der Waals surface area contributed by atoms with Crippen LogP contribution in [0.5, 0.6) is 5.75 Å². The van der Waals surface area contributed by atoms with Crippen LogP contribution in [0.3, 0.4) is 0 Å². The number of methoxy groups -OCH3 is 1. The van der Waals surface area contributed by atoms with Gasteiger partial charge in [0.15, 0.2) is 0 Å². The lowest BCUT2D eigenvalue weighted by Crippen LogP contribution is -2.35. The normalized spacial score (nSPS) is 17.0. The van der Waals surface area contributed by atoms with Crippen molar-refractivity contribution in [3.8, 4) is 5.75 Å². The minimum atomic E-state index is -0.444. The molecule has 0 spiro atoms. The van der Waals surface area contributed by atoms with Crippen molar-refractivity contribution >= 4 is 23.1 Å². The standard InChI is InChI=1S/C18H23N5O3/c1-12-6-5-9-22(11-12)18-19-13(2)16(23(24)25)17(21-18)20-14-7-4-8-15(10-14)26-3/h4,7-8,10,12H,5-6,9,11H2,1-3H3,(H,19,20,21)/t12-/m0/s1. The SMILES string of the molecule is COc1cccc(Nc2nc(N3CCC[C@H](C)C3)nc(C)c2[N+](=O)[O-])c1. The molecular formula is C18H23N5O3. The Labute approximate surface area is 152 Å². The summed E-state index contributed by atoms with van der Waals surface area (Å²) in [6, 6.07) is 7.20. The average Bonchev–Trinajstić information content (AvgIpc) is 2.61. The van der Waals surface area contributed by atoms with Gasteiger partial charge in [-0.05, 0) is 37.8 Å². The van der Waals surface area contributed by atoms with E-state index in [1.54, 1.807) is 20.1 Å². The van der Waals surface area contributed by atoms with Crippen molar-refractivity contribution < 1.29 is 9.66 Å². The van der Waals surface area contributed by atoms with Crippen LogP contribution in [-0.2, 0) is 0 Å². The summed E-state index contributed by atoms with van der Waals surface area (Å²) < 4.78 is 5.21. The number of ether oxygens (including phenoxy) is 1. The summed E-state index contributed by atoms with van der Waals surface area (Å²) in [6.45, 7) is 5.56. The van der Waals surface area contributed by atoms with E-state index < -0.39 is 4.92 Å². The first-order valence-corrected chi connectivity index (χ1v) is 8.67. The number of hydrogen-bond acceptors (Lipinski definition) is 7. The van der Waals surface area contributed by atoms with Crippen LogP contribution in [0.1, 0.15) is 25.5 Å². The zero-order valence-corrected chi connectivity index (χ0v) is 15.2. The molecule has 1 aliphatic rings. The third-order valence-electron chi connectivity index (χ3n) is 4.50. The third kappa shape index (κ3) is 3.84. The Morgan fingerprint density at radius 1 is 1.38 bits per heavy atom. The lowest BCUT2D eigenvalue weighted by atomic mass is 10.0. The van der Waals surface area contributed by atoms with Crippen molar-refractivity contribution in [2.75, 3.05) is 30.4 Å². The highest BCUT2D eigenvalue weighted by atomic mass is 16.6. The molecule has 2 heterocycles. The number of rotatable bonds is 5. The minimum absolute atomic E-state index is 0.110. The molecule has 2 aromatic rings. The van der Waals surface area contributed by atoms with Gasteiger partial charge in [-0.1, -0.05) is 13.0 Å². The summed E-state index contributed by atoms with van der Waals surface area (Å²) in [6.07, 6.45) is 2.25. The first kappa shape index (κ1) is 17.9. The van der Waals surface area contributed by atoms with Crippen molar-refractivity contribution in [1.82, 2.24) is 9.97 Å². The first-order chi connectivity index (χ1) is 12.5. The van der Waals surface area contributed by atoms with Crippen LogP contribution < -0.4 is 15.0 Å². The Balaban J connectivity index is 1.99. The molecule has 3 rings (SSSR count). The molecule has 1 saturated heterocycles. The van der Waals surface area contributed by atoms with E-state index in [2.05, 4.69) is 27.1 Å². The second-order valence-electron chi connectivity index (χ2n) is 6.61. The van der Waals surface area contributed by atoms with Gasteiger partial charge in [0.25, 0.3) is 0 Å². The van der Waals surface area contributed by atoms with Gasteiger partial charge >= 0.3 is 5.69 Å². The number of nitro groups is 1. The third-order valence-corrected chi connectivity index (χ3v) is 4.50. The second kappa shape index (κ2) is 7.55. The predicted molar refractivity (Wildman–Crippen MR) is 100 cm³/mol. The van der Waals surface area contributed by atoms with E-state index in [1.807, 2.05) is 18.2 Å². The zero-order valence-electron chi connectivity index (χ0n) is 15.2. The molecule has 138 valence electrons. The van der Waals surface area contributed by atoms with E-state index in [1.165, 1.54) is 6.42 Å². The lowest BCUT2D eigenvalue weighted by Gasteiger charge is -2.31. The van der Waals surface area contributed by atoms with Crippen molar-refractivity contribution in [1.29, 1.82) is 0 Å². The van der Waals surface area contributed by atoms with Gasteiger partial charge in [0.05, 0.1) is 12.0 Å². The highest BCUT2D eigenvalue weighted by Crippen LogP contribution is 2.32. The number of hydrogen-bond donors (Lipinski definition) is 1. The maximum Gasteiger partial charge on any atom is 0.332 e. The van der Waals surface area contributed by atoms with Crippen LogP contribution >= 0.6 is 0 Å². The van der Waals surface area contributed by atoms with Gasteiger partial charge < -0.3 is 15.0 Å². The van der Waals surface area contributed by atoms with Crippen molar-refractivity contribution in [2.45, 2.75) is 26.7 Å². The highest BCUT2D eigenvalue weighted by Gasteiger charge is 2.26. The van der Waals surface area contributed by atoms with Gasteiger partial charge in [0.1, 0.15) is 11.4 Å². The summed E-state index contributed by atoms with van der Waals surface area (Å²) in [5, 5.41) is 14.6. The largest absolute Gasteiger partial charge is 0.497 e. The second-order valence-corrected chi connectivity index (χ2v) is 6.61. The number of anilines is 3. The molecular weight excluding hydrogens is 334 g/mol. The van der Waals surface area contributed by atoms with E-state index >= 15 is 0 Å². The molecule has 0 saturated carbocycles. The number of benzene rings is 1. The molecule has 1 atom stereocenters. The van der Waals surface area contributed by atoms with E-state index in [-0.39, 0.29) is 11.5 Å². The van der Waals surface area contributed by atoms with Crippen LogP contribution in [0.15, 0.2) is 24.3 Å². The Morgan fingerprint density at radius 3 is 2.88 bits per heavy atom. The lowest BCUT2D eigenvalue weighted by molar-refractivity contribution is -0.385. The molecule has 0 radical (unpaired) electrons. The Morgan fingerprint density at radius 2 is 2.19 bits per heavy atom. The number of nitrogens with zero attached hydrogens (tertiary/aromatic N) is 4. The molecule has 1 N–H and O–H groups in total. The van der Waals surface area contributed by atoms with Crippen molar-refractivity contribution in [3.63, 3.8) is 0 Å². The fraction of sp³-hybridized carbons (Fsp3) is 0.444. The minimum Gasteiger partial charge on any atom is -0.497 e. The molecule has 1 aromatic carbocycles. The highest BCUT2D eigenvalue weighted by molar-refractivity contribution is 5.69. The molecule has 8 heteroatoms. The van der Waals surface area contributed by atoms with Crippen LogP contribution in [0, 0.1) is 23.0 Å². The molecule has 0 amide bonds. The molecule has 0 bridgehead atoms. The van der Waals surface area contributed by atoms with Crippen molar-refractivity contribution in [2.24, 2.45) is 5.92 Å². The Kier molecular flexibility index (Phi) is 5.20. The monoisotopic (exact) mass is 357 g/mol. The zero-order chi connectivity index (χ0) is 18.7. The summed E-state index contributed by atoms with van der Waals surface area (Å²) in [7, 11) is 1.58. The Hall–Kier alpha value is -2.90. The number of aryl methyl sites for hydroxylation is 1. The Bertz CT molecular complexity index is 811. The molecule has 26 heavy (non-hydrogen) atoms. The maximum absolute atomic E-state index is 11.5. The van der Waals surface area contributed by atoms with E-state index in [0.29, 0.717) is 29.0 Å². The predicted octanol–water partition coefficient (Wildman–Crippen LogP) is 3.68. The van der Waals surface area contributed by atoms with Gasteiger partial charge in [-0.3, -0.25) is 10.1 Å². The van der Waals surface area contributed by atoms with Gasteiger partial charge in [0, 0.05) is 24.8 Å². The average molecular weight is 357 g/mol. The van der Waals surface area contributed by atoms with Gasteiger partial charge in [0.2, 0.25) is 11.8 Å². The molecule has 1 aromatic heterocycles. The molecule has 0 unspecified atom stereocenters. The fourth-order valence-corrected chi connectivity index (χ4v) is 3.21. The van der Waals surface area contributed by atoms with Crippen LogP contribution in [-0.4, -0.2) is 35.1 Å². The van der Waals surface area contributed by atoms with Crippen LogP contribution in [0.25, 0.3) is 0 Å². The summed E-state index contributed by atoms with van der Waals surface area (Å²) in [5.74, 6) is 1.94. The molecule has 0 aliphatic carbocycles. The van der Waals surface area contributed by atoms with E-state index in [9.17, 15) is 10.1 Å². The van der Waals surface area contributed by atoms with E-state index in [4.69, 9.17) is 4.74 Å². The summed E-state index contributed by atoms with van der Waals surface area (Å²) >= 11 is 0. The fourth-order valence-electron chi connectivity index (χ4n) is 3.21. The van der Waals surface area contributed by atoms with Gasteiger partial charge in [-0.15, -0.1) is 0 Å². The smallest absolute Gasteiger partial charge is 0.332 e. The number of nitrogens with one attached hydrogen (secondary N) is 1. The maximum atomic E-state index is 11.5. The first-order valence-electron chi connectivity index (χ1n) is 8.67. The quantitative estimate of drug-likeness (QED) is 0.644. The number of aromatic nitrogens is 2. The van der Waals surface area contributed by atoms with Crippen molar-refractivity contribution in [3.05, 3.63) is 40.1 Å².